The van der Waals surface area contributed by atoms with Crippen molar-refractivity contribution >= 4 is 108 Å². The molecule has 9 aromatic carbocycles. The first kappa shape index (κ1) is 109. The van der Waals surface area contributed by atoms with Gasteiger partial charge in [0.15, 0.2) is 0 Å². The zero-order valence-corrected chi connectivity index (χ0v) is 94.4. The maximum atomic E-state index is 4.89. The monoisotopic (exact) mass is 1990 g/mol. The summed E-state index contributed by atoms with van der Waals surface area (Å²) in [5.74, 6) is 0.598. The molecular formula is C130H167N5S6. The number of hydrogen-bond acceptors (Lipinski definition) is 11. The number of unbranched alkanes of at least 4 members (excludes halogenated alkanes) is 26. The SMILES string of the molecule is CCC(C)c1ccc(N(c2ccc(C)cc2)c2ccc(C)cc2)cc1.CCCCCCCCC1(CCCCCCCC)c2cc(C)ccc2-c2ccc(C)cc21.CCCCCCCCC1(CCCCCCCC)c2cc(C)ccc2-c2ccc(C)cc21.CCCCCCc1cc(-c2ccc(-c3cc(CCCCCC)c(-c4ccc(C)s4)s3)c3nsnc23)sc1-c1ccc(C)s1.Cc1ccc(C)c2nsnc12. The molecule has 2 aliphatic carbocycles. The standard InChI is InChI=1S/C36H40N2S5.2C31H46.C24H27N.C8H8N2S/c1-5-7-9-11-13-25-21-31(41-35(25)29-19-15-23(3)39-29)27-17-18-28(34-33(27)37-43-38-34)32-22-26(14-12-10-8-6-2)36(42-32)30-20-16-24(4)40-30;2*1-5-7-9-11-13-15-21-31(22-16-14-12-10-8-6-2)29-23-25(3)17-19-27(29)28-20-18-26(4)24-30(28)31;1-5-20(4)21-10-16-24(17-11-21)25(22-12-6-18(2)7-13-22)23-14-8-19(3)9-15-23;1-5-3-4-6(2)8-7(5)9-11-10-8/h15-22H,5-14H2,1-4H3;2*17-20,23-24H,5-16,21-22H2,1-4H3;6-17,20H,5H2,1-4H3;3-4H,1-2H3. The van der Waals surface area contributed by atoms with E-state index in [1.807, 2.05) is 45.3 Å². The molecule has 141 heavy (non-hydrogen) atoms. The van der Waals surface area contributed by atoms with Gasteiger partial charge in [-0.15, -0.1) is 45.3 Å². The molecule has 0 amide bonds. The number of aryl methyl sites for hydroxylation is 12. The van der Waals surface area contributed by atoms with Gasteiger partial charge in [0.05, 0.1) is 23.5 Å². The van der Waals surface area contributed by atoms with Crippen molar-refractivity contribution in [2.45, 2.75) is 392 Å². The summed E-state index contributed by atoms with van der Waals surface area (Å²) < 4.78 is 18.2. The number of hydrogen-bond donors (Lipinski definition) is 0. The Bertz CT molecular complexity index is 5830. The zero-order chi connectivity index (χ0) is 99.6. The van der Waals surface area contributed by atoms with Crippen LogP contribution in [0.3, 0.4) is 0 Å². The van der Waals surface area contributed by atoms with Gasteiger partial charge in [0.1, 0.15) is 22.1 Å². The molecule has 17 rings (SSSR count). The molecule has 2 aliphatic rings. The summed E-state index contributed by atoms with van der Waals surface area (Å²) in [7, 11) is 0. The lowest BCUT2D eigenvalue weighted by atomic mass is 9.70. The van der Waals surface area contributed by atoms with Crippen LogP contribution in [0.25, 0.3) is 84.7 Å². The van der Waals surface area contributed by atoms with E-state index in [-0.39, 0.29) is 10.8 Å². The van der Waals surface area contributed by atoms with E-state index in [1.54, 1.807) is 22.3 Å². The molecule has 0 bridgehead atoms. The molecule has 0 saturated carbocycles. The minimum atomic E-state index is 0.234. The van der Waals surface area contributed by atoms with Crippen molar-refractivity contribution in [3.8, 4) is 62.6 Å². The van der Waals surface area contributed by atoms with Crippen molar-refractivity contribution in [1.82, 2.24) is 17.5 Å². The highest BCUT2D eigenvalue weighted by Gasteiger charge is 2.44. The number of thiophene rings is 4. The van der Waals surface area contributed by atoms with Gasteiger partial charge in [-0.05, 0) is 278 Å². The van der Waals surface area contributed by atoms with Crippen molar-refractivity contribution in [3.05, 3.63) is 299 Å². The van der Waals surface area contributed by atoms with Gasteiger partial charge >= 0.3 is 0 Å². The van der Waals surface area contributed by atoms with Crippen molar-refractivity contribution < 1.29 is 0 Å². The summed E-state index contributed by atoms with van der Waals surface area (Å²) >= 11 is 10.3. The topological polar surface area (TPSA) is 54.8 Å². The van der Waals surface area contributed by atoms with Crippen molar-refractivity contribution in [3.63, 3.8) is 0 Å². The highest BCUT2D eigenvalue weighted by molar-refractivity contribution is 7.24. The first-order chi connectivity index (χ1) is 68.7. The lowest BCUT2D eigenvalue weighted by Gasteiger charge is -2.33. The lowest BCUT2D eigenvalue weighted by molar-refractivity contribution is 0.397. The van der Waals surface area contributed by atoms with Crippen LogP contribution in [0.1, 0.15) is 392 Å². The van der Waals surface area contributed by atoms with Gasteiger partial charge in [0.2, 0.25) is 0 Å². The van der Waals surface area contributed by atoms with E-state index >= 15 is 0 Å². The Balaban J connectivity index is 0.000000155. The van der Waals surface area contributed by atoms with Crippen molar-refractivity contribution in [1.29, 1.82) is 0 Å². The van der Waals surface area contributed by atoms with Crippen LogP contribution >= 0.6 is 68.8 Å². The molecule has 1 unspecified atom stereocenters. The quantitative estimate of drug-likeness (QED) is 0.0356. The molecule has 0 aliphatic heterocycles. The Morgan fingerprint density at radius 1 is 0.255 bits per heavy atom. The van der Waals surface area contributed by atoms with Crippen LogP contribution in [0.15, 0.2) is 206 Å². The predicted molar refractivity (Wildman–Crippen MR) is 628 cm³/mol. The molecule has 748 valence electrons. The fourth-order valence-corrected chi connectivity index (χ4v) is 27.2. The van der Waals surface area contributed by atoms with Crippen LogP contribution in [-0.2, 0) is 23.7 Å². The second-order valence-electron chi connectivity index (χ2n) is 41.5. The van der Waals surface area contributed by atoms with Gasteiger partial charge in [0.25, 0.3) is 0 Å². The summed E-state index contributed by atoms with van der Waals surface area (Å²) in [5.41, 5.74) is 38.3. The van der Waals surface area contributed by atoms with Crippen molar-refractivity contribution in [2.75, 3.05) is 4.90 Å². The van der Waals surface area contributed by atoms with Crippen molar-refractivity contribution in [2.24, 2.45) is 0 Å². The second-order valence-corrected chi connectivity index (χ2v) is 47.2. The van der Waals surface area contributed by atoms with Gasteiger partial charge in [-0.1, -0.05) is 415 Å². The van der Waals surface area contributed by atoms with E-state index in [9.17, 15) is 0 Å². The fourth-order valence-electron chi connectivity index (χ4n) is 21.5. The zero-order valence-electron chi connectivity index (χ0n) is 89.5. The third kappa shape index (κ3) is 28.9. The molecule has 1 atom stereocenters. The number of fused-ring (bicyclic) bond motifs is 8. The number of rotatable bonds is 47. The Hall–Kier alpha value is -8.78. The maximum Gasteiger partial charge on any atom is 0.114 e. The number of anilines is 3. The van der Waals surface area contributed by atoms with E-state index in [0.717, 1.165) is 34.9 Å². The molecule has 0 radical (unpaired) electrons. The highest BCUT2D eigenvalue weighted by atomic mass is 32.1. The van der Waals surface area contributed by atoms with Gasteiger partial charge in [-0.3, -0.25) is 0 Å². The van der Waals surface area contributed by atoms with E-state index in [4.69, 9.17) is 8.75 Å². The van der Waals surface area contributed by atoms with E-state index in [2.05, 4.69) is 345 Å². The van der Waals surface area contributed by atoms with E-state index < -0.39 is 0 Å². The molecule has 5 nitrogen and oxygen atoms in total. The van der Waals surface area contributed by atoms with E-state index in [1.165, 1.54) is 412 Å². The molecular weight excluding hydrogens is 1820 g/mol. The van der Waals surface area contributed by atoms with Crippen LogP contribution in [-0.4, -0.2) is 17.5 Å². The first-order valence-corrected chi connectivity index (χ1v) is 59.7. The summed E-state index contributed by atoms with van der Waals surface area (Å²) in [6, 6.07) is 78.2. The fraction of sp³-hybridized carbons (Fsp3) is 0.462. The Morgan fingerprint density at radius 2 is 0.532 bits per heavy atom. The lowest BCUT2D eigenvalue weighted by Crippen LogP contribution is -2.25. The molecule has 0 N–H and O–H groups in total. The van der Waals surface area contributed by atoms with Crippen LogP contribution in [0.4, 0.5) is 17.1 Å². The molecule has 6 heterocycles. The normalized spacial score (nSPS) is 12.7. The largest absolute Gasteiger partial charge is 0.311 e. The second kappa shape index (κ2) is 55.5. The van der Waals surface area contributed by atoms with E-state index in [0.29, 0.717) is 5.92 Å². The van der Waals surface area contributed by atoms with Gasteiger partial charge in [-0.25, -0.2) is 0 Å². The number of aromatic nitrogens is 4. The molecule has 0 fully saturated rings. The number of nitrogens with zero attached hydrogens (tertiary/aromatic N) is 5. The average molecular weight is 1990 g/mol. The minimum Gasteiger partial charge on any atom is -0.311 e. The Kier molecular flexibility index (Phi) is 43.1. The first-order valence-electron chi connectivity index (χ1n) is 55.0. The van der Waals surface area contributed by atoms with Crippen LogP contribution in [0, 0.1) is 69.2 Å². The Labute approximate surface area is 876 Å². The summed E-state index contributed by atoms with van der Waals surface area (Å²) in [4.78, 5) is 13.3. The minimum absolute atomic E-state index is 0.234. The van der Waals surface area contributed by atoms with Gasteiger partial charge < -0.3 is 4.90 Å². The summed E-state index contributed by atoms with van der Waals surface area (Å²) in [6.45, 7) is 40.2. The predicted octanol–water partition coefficient (Wildman–Crippen LogP) is 43.2. The molecule has 6 aromatic heterocycles. The molecule has 11 heteroatoms. The number of benzene rings is 9. The summed E-state index contributed by atoms with van der Waals surface area (Å²) in [5, 5.41) is 0. The third-order valence-electron chi connectivity index (χ3n) is 30.0. The molecule has 0 spiro atoms. The summed E-state index contributed by atoms with van der Waals surface area (Å²) in [6.07, 6.45) is 52.2. The van der Waals surface area contributed by atoms with Gasteiger partial charge in [-0.2, -0.15) is 17.5 Å². The Morgan fingerprint density at radius 3 is 0.830 bits per heavy atom. The smallest absolute Gasteiger partial charge is 0.114 e. The maximum absolute atomic E-state index is 4.89. The molecule has 15 aromatic rings. The van der Waals surface area contributed by atoms with Crippen LogP contribution in [0.2, 0.25) is 0 Å². The highest BCUT2D eigenvalue weighted by Crippen LogP contribution is 2.58. The molecule has 0 saturated heterocycles. The van der Waals surface area contributed by atoms with Crippen LogP contribution < -0.4 is 4.90 Å². The third-order valence-corrected chi connectivity index (χ3v) is 35.8. The van der Waals surface area contributed by atoms with Crippen LogP contribution in [0.5, 0.6) is 0 Å². The average Bonchev–Trinajstić information content (AvgIpc) is 1.56. The van der Waals surface area contributed by atoms with Gasteiger partial charge in [0, 0.05) is 78.0 Å².